The van der Waals surface area contributed by atoms with Crippen LogP contribution < -0.4 is 5.32 Å². The first-order valence-electron chi connectivity index (χ1n) is 6.09. The molecule has 0 aliphatic rings. The van der Waals surface area contributed by atoms with E-state index in [4.69, 9.17) is 5.11 Å². The molecule has 1 aromatic heterocycles. The summed E-state index contributed by atoms with van der Waals surface area (Å²) in [4.78, 5) is 15.0. The van der Waals surface area contributed by atoms with Crippen molar-refractivity contribution >= 4 is 16.8 Å². The molecule has 0 saturated heterocycles. The molecule has 1 heterocycles. The van der Waals surface area contributed by atoms with Crippen LogP contribution in [-0.4, -0.2) is 28.6 Å². The van der Waals surface area contributed by atoms with Gasteiger partial charge in [-0.1, -0.05) is 18.2 Å². The summed E-state index contributed by atoms with van der Waals surface area (Å²) in [6.07, 6.45) is -0.180. The zero-order valence-corrected chi connectivity index (χ0v) is 10.7. The summed E-state index contributed by atoms with van der Waals surface area (Å²) in [5, 5.41) is 12.9. The van der Waals surface area contributed by atoms with E-state index in [2.05, 4.69) is 10.3 Å². The van der Waals surface area contributed by atoms with E-state index in [1.807, 2.05) is 31.2 Å². The number of fused-ring (bicyclic) bond motifs is 1. The van der Waals surface area contributed by atoms with Gasteiger partial charge in [0.05, 0.1) is 12.5 Å². The number of aryl methyl sites for hydroxylation is 1. The Morgan fingerprint density at radius 1 is 1.44 bits per heavy atom. The lowest BCUT2D eigenvalue weighted by molar-refractivity contribution is -0.120. The average Bonchev–Trinajstić information content (AvgIpc) is 2.64. The van der Waals surface area contributed by atoms with E-state index >= 15 is 0 Å². The minimum atomic E-state index is -0.516. The van der Waals surface area contributed by atoms with Crippen LogP contribution in [0.3, 0.4) is 0 Å². The van der Waals surface area contributed by atoms with E-state index in [0.717, 1.165) is 22.2 Å². The summed E-state index contributed by atoms with van der Waals surface area (Å²) in [6, 6.07) is 7.94. The third kappa shape index (κ3) is 2.71. The second kappa shape index (κ2) is 5.23. The Morgan fingerprint density at radius 2 is 2.17 bits per heavy atom. The number of rotatable bonds is 4. The number of hydrogen-bond acceptors (Lipinski definition) is 2. The van der Waals surface area contributed by atoms with Gasteiger partial charge in [0.1, 0.15) is 0 Å². The first-order chi connectivity index (χ1) is 8.58. The quantitative estimate of drug-likeness (QED) is 0.765. The zero-order valence-electron chi connectivity index (χ0n) is 10.7. The van der Waals surface area contributed by atoms with Crippen LogP contribution in [0, 0.1) is 6.92 Å². The lowest BCUT2D eigenvalue weighted by atomic mass is 10.1. The Kier molecular flexibility index (Phi) is 3.67. The monoisotopic (exact) mass is 246 g/mol. The van der Waals surface area contributed by atoms with E-state index in [9.17, 15) is 4.79 Å². The predicted molar refractivity (Wildman–Crippen MR) is 71.4 cm³/mol. The first-order valence-corrected chi connectivity index (χ1v) is 6.09. The molecule has 2 rings (SSSR count). The molecule has 0 radical (unpaired) electrons. The molecule has 3 N–H and O–H groups in total. The highest BCUT2D eigenvalue weighted by Gasteiger charge is 2.12. The van der Waals surface area contributed by atoms with Gasteiger partial charge in [0.15, 0.2) is 0 Å². The lowest BCUT2D eigenvalue weighted by Crippen LogP contribution is -2.31. The van der Waals surface area contributed by atoms with Crippen LogP contribution in [0.15, 0.2) is 24.3 Å². The maximum Gasteiger partial charge on any atom is 0.224 e. The van der Waals surface area contributed by atoms with Crippen LogP contribution in [0.5, 0.6) is 0 Å². The summed E-state index contributed by atoms with van der Waals surface area (Å²) in [5.74, 6) is -0.0660. The van der Waals surface area contributed by atoms with Gasteiger partial charge in [0, 0.05) is 23.1 Å². The Hall–Kier alpha value is -1.81. The minimum absolute atomic E-state index is 0.0660. The molecule has 1 atom stereocenters. The van der Waals surface area contributed by atoms with Gasteiger partial charge in [-0.05, 0) is 25.5 Å². The number of aliphatic hydroxyl groups is 1. The Bertz CT molecular complexity index is 558. The van der Waals surface area contributed by atoms with Crippen molar-refractivity contribution < 1.29 is 9.90 Å². The highest BCUT2D eigenvalue weighted by molar-refractivity contribution is 5.90. The van der Waals surface area contributed by atoms with Crippen LogP contribution in [0.25, 0.3) is 10.9 Å². The smallest absolute Gasteiger partial charge is 0.224 e. The Balaban J connectivity index is 2.16. The van der Waals surface area contributed by atoms with E-state index in [1.165, 1.54) is 0 Å². The molecule has 0 fully saturated rings. The number of nitrogens with one attached hydrogen (secondary N) is 2. The molecule has 0 aliphatic heterocycles. The summed E-state index contributed by atoms with van der Waals surface area (Å²) < 4.78 is 0. The second-order valence-corrected chi connectivity index (χ2v) is 4.60. The fraction of sp³-hybridized carbons (Fsp3) is 0.357. The van der Waals surface area contributed by atoms with Crippen molar-refractivity contribution in [1.29, 1.82) is 0 Å². The van der Waals surface area contributed by atoms with Gasteiger partial charge in [0.2, 0.25) is 5.91 Å². The highest BCUT2D eigenvalue weighted by atomic mass is 16.3. The van der Waals surface area contributed by atoms with Crippen molar-refractivity contribution in [3.8, 4) is 0 Å². The maximum atomic E-state index is 11.8. The lowest BCUT2D eigenvalue weighted by Gasteiger charge is -2.07. The van der Waals surface area contributed by atoms with Gasteiger partial charge in [-0.15, -0.1) is 0 Å². The molecule has 18 heavy (non-hydrogen) atoms. The maximum absolute atomic E-state index is 11.8. The van der Waals surface area contributed by atoms with Crippen LogP contribution in [0.4, 0.5) is 0 Å². The van der Waals surface area contributed by atoms with Crippen molar-refractivity contribution in [2.45, 2.75) is 26.4 Å². The van der Waals surface area contributed by atoms with Crippen LogP contribution in [0.1, 0.15) is 18.2 Å². The number of hydrogen-bond donors (Lipinski definition) is 3. The van der Waals surface area contributed by atoms with Gasteiger partial charge >= 0.3 is 0 Å². The zero-order chi connectivity index (χ0) is 13.1. The molecule has 4 heteroatoms. The van der Waals surface area contributed by atoms with Crippen molar-refractivity contribution in [3.05, 3.63) is 35.5 Å². The third-order valence-corrected chi connectivity index (χ3v) is 2.96. The molecule has 0 aliphatic carbocycles. The van der Waals surface area contributed by atoms with Crippen molar-refractivity contribution in [3.63, 3.8) is 0 Å². The SMILES string of the molecule is Cc1[nH]c2ccccc2c1CC(=O)NCC(C)O. The topological polar surface area (TPSA) is 65.1 Å². The summed E-state index contributed by atoms with van der Waals surface area (Å²) in [6.45, 7) is 3.91. The normalized spacial score (nSPS) is 12.6. The van der Waals surface area contributed by atoms with E-state index in [1.54, 1.807) is 6.92 Å². The van der Waals surface area contributed by atoms with Crippen LogP contribution >= 0.6 is 0 Å². The molecule has 0 saturated carbocycles. The van der Waals surface area contributed by atoms with Gasteiger partial charge in [-0.2, -0.15) is 0 Å². The summed E-state index contributed by atoms with van der Waals surface area (Å²) >= 11 is 0. The predicted octanol–water partition coefficient (Wildman–Crippen LogP) is 1.52. The Labute approximate surface area is 106 Å². The molecule has 0 bridgehead atoms. The highest BCUT2D eigenvalue weighted by Crippen LogP contribution is 2.22. The van der Waals surface area contributed by atoms with E-state index in [0.29, 0.717) is 13.0 Å². The average molecular weight is 246 g/mol. The second-order valence-electron chi connectivity index (χ2n) is 4.60. The van der Waals surface area contributed by atoms with Crippen LogP contribution in [-0.2, 0) is 11.2 Å². The molecule has 96 valence electrons. The molecule has 1 unspecified atom stereocenters. The molecule has 1 aromatic carbocycles. The van der Waals surface area contributed by atoms with E-state index in [-0.39, 0.29) is 5.91 Å². The molecular weight excluding hydrogens is 228 g/mol. The van der Waals surface area contributed by atoms with Gasteiger partial charge in [-0.25, -0.2) is 0 Å². The molecule has 4 nitrogen and oxygen atoms in total. The number of carbonyl (C=O) groups excluding carboxylic acids is 1. The van der Waals surface area contributed by atoms with Gasteiger partial charge < -0.3 is 15.4 Å². The summed E-state index contributed by atoms with van der Waals surface area (Å²) in [5.41, 5.74) is 3.09. The minimum Gasteiger partial charge on any atom is -0.392 e. The van der Waals surface area contributed by atoms with Gasteiger partial charge in [0.25, 0.3) is 0 Å². The van der Waals surface area contributed by atoms with Crippen molar-refractivity contribution in [2.75, 3.05) is 6.54 Å². The first kappa shape index (κ1) is 12.6. The number of amides is 1. The fourth-order valence-electron chi connectivity index (χ4n) is 2.05. The largest absolute Gasteiger partial charge is 0.392 e. The molecular formula is C14H18N2O2. The number of aromatic amines is 1. The summed E-state index contributed by atoms with van der Waals surface area (Å²) in [7, 11) is 0. The number of benzene rings is 1. The number of para-hydroxylation sites is 1. The van der Waals surface area contributed by atoms with Crippen molar-refractivity contribution in [1.82, 2.24) is 10.3 Å². The third-order valence-electron chi connectivity index (χ3n) is 2.96. The van der Waals surface area contributed by atoms with Crippen LogP contribution in [0.2, 0.25) is 0 Å². The number of aromatic nitrogens is 1. The number of aliphatic hydroxyl groups excluding tert-OH is 1. The molecule has 0 spiro atoms. The molecule has 1 amide bonds. The molecule has 2 aromatic rings. The number of carbonyl (C=O) groups is 1. The Morgan fingerprint density at radius 3 is 2.89 bits per heavy atom. The fourth-order valence-corrected chi connectivity index (χ4v) is 2.05. The standard InChI is InChI=1S/C14H18N2O2/c1-9(17)8-15-14(18)7-12-10(2)16-13-6-4-3-5-11(12)13/h3-6,9,16-17H,7-8H2,1-2H3,(H,15,18). The van der Waals surface area contributed by atoms with Gasteiger partial charge in [-0.3, -0.25) is 4.79 Å². The number of H-pyrrole nitrogens is 1. The van der Waals surface area contributed by atoms with E-state index < -0.39 is 6.10 Å². The van der Waals surface area contributed by atoms with Crippen molar-refractivity contribution in [2.24, 2.45) is 0 Å².